The molecular formula is C10H15ClN2OS. The molecule has 1 N–H and O–H groups in total. The van der Waals surface area contributed by atoms with Gasteiger partial charge in [0.1, 0.15) is 5.01 Å². The highest BCUT2D eigenvalue weighted by molar-refractivity contribution is 7.09. The Labute approximate surface area is 98.7 Å². The lowest BCUT2D eigenvalue weighted by atomic mass is 10.3. The quantitative estimate of drug-likeness (QED) is 0.829. The van der Waals surface area contributed by atoms with Crippen LogP contribution in [0.1, 0.15) is 30.1 Å². The van der Waals surface area contributed by atoms with Gasteiger partial charge in [0.25, 0.3) is 0 Å². The van der Waals surface area contributed by atoms with Crippen molar-refractivity contribution in [2.75, 3.05) is 13.1 Å². The van der Waals surface area contributed by atoms with Crippen molar-refractivity contribution >= 4 is 22.9 Å². The number of aliphatic hydroxyl groups excluding tert-OH is 1. The Morgan fingerprint density at radius 2 is 2.60 bits per heavy atom. The van der Waals surface area contributed by atoms with E-state index in [1.54, 1.807) is 11.3 Å². The van der Waals surface area contributed by atoms with Crippen molar-refractivity contribution in [3.05, 3.63) is 16.1 Å². The molecular weight excluding hydrogens is 232 g/mol. The van der Waals surface area contributed by atoms with Gasteiger partial charge in [0.15, 0.2) is 0 Å². The summed E-state index contributed by atoms with van der Waals surface area (Å²) < 4.78 is 0. The molecule has 2 unspecified atom stereocenters. The molecule has 2 rings (SSSR count). The molecule has 0 aromatic carbocycles. The summed E-state index contributed by atoms with van der Waals surface area (Å²) in [5, 5.41) is 12.6. The zero-order valence-corrected chi connectivity index (χ0v) is 10.3. The SMILES string of the molecule is CC(c1nc(CCl)cs1)N1CCC(O)C1. The summed E-state index contributed by atoms with van der Waals surface area (Å²) in [5.41, 5.74) is 0.947. The molecule has 0 saturated carbocycles. The normalized spacial score (nSPS) is 24.6. The molecule has 1 aromatic rings. The van der Waals surface area contributed by atoms with E-state index in [1.165, 1.54) is 0 Å². The molecule has 0 aliphatic carbocycles. The first-order chi connectivity index (χ1) is 7.20. The molecule has 0 spiro atoms. The van der Waals surface area contributed by atoms with Gasteiger partial charge in [-0.2, -0.15) is 0 Å². The highest BCUT2D eigenvalue weighted by atomic mass is 35.5. The Bertz CT molecular complexity index is 331. The fraction of sp³-hybridized carbons (Fsp3) is 0.700. The number of β-amino-alcohol motifs (C(OH)–C–C–N with tert-alkyl or cyclic N) is 1. The number of rotatable bonds is 3. The van der Waals surface area contributed by atoms with E-state index >= 15 is 0 Å². The van der Waals surface area contributed by atoms with Crippen LogP contribution in [0.4, 0.5) is 0 Å². The molecule has 15 heavy (non-hydrogen) atoms. The zero-order valence-electron chi connectivity index (χ0n) is 8.69. The van der Waals surface area contributed by atoms with Crippen LogP contribution in [0, 0.1) is 0 Å². The molecule has 84 valence electrons. The number of likely N-dealkylation sites (tertiary alicyclic amines) is 1. The van der Waals surface area contributed by atoms with Gasteiger partial charge in [-0.15, -0.1) is 22.9 Å². The lowest BCUT2D eigenvalue weighted by Gasteiger charge is -2.21. The van der Waals surface area contributed by atoms with Gasteiger partial charge in [0, 0.05) is 18.5 Å². The molecule has 1 aromatic heterocycles. The number of hydrogen-bond acceptors (Lipinski definition) is 4. The lowest BCUT2D eigenvalue weighted by Crippen LogP contribution is -2.25. The maximum absolute atomic E-state index is 9.47. The summed E-state index contributed by atoms with van der Waals surface area (Å²) in [6, 6.07) is 0.295. The van der Waals surface area contributed by atoms with Crippen LogP contribution >= 0.6 is 22.9 Å². The molecule has 2 atom stereocenters. The zero-order chi connectivity index (χ0) is 10.8. The van der Waals surface area contributed by atoms with E-state index in [-0.39, 0.29) is 6.10 Å². The Morgan fingerprint density at radius 1 is 1.80 bits per heavy atom. The summed E-state index contributed by atoms with van der Waals surface area (Å²) in [6.45, 7) is 3.85. The van der Waals surface area contributed by atoms with Crippen LogP contribution in [0.25, 0.3) is 0 Å². The average molecular weight is 247 g/mol. The molecule has 0 radical (unpaired) electrons. The lowest BCUT2D eigenvalue weighted by molar-refractivity contribution is 0.163. The summed E-state index contributed by atoms with van der Waals surface area (Å²) in [7, 11) is 0. The third-order valence-electron chi connectivity index (χ3n) is 2.81. The summed E-state index contributed by atoms with van der Waals surface area (Å²) >= 11 is 7.37. The molecule has 3 nitrogen and oxygen atoms in total. The Kier molecular flexibility index (Phi) is 3.61. The van der Waals surface area contributed by atoms with E-state index in [4.69, 9.17) is 11.6 Å². The van der Waals surface area contributed by atoms with Crippen LogP contribution in [-0.4, -0.2) is 34.2 Å². The predicted molar refractivity (Wildman–Crippen MR) is 62.3 cm³/mol. The third-order valence-corrected chi connectivity index (χ3v) is 4.14. The smallest absolute Gasteiger partial charge is 0.110 e. The third kappa shape index (κ3) is 2.50. The number of halogens is 1. The number of hydrogen-bond donors (Lipinski definition) is 1. The van der Waals surface area contributed by atoms with Crippen LogP contribution in [0.15, 0.2) is 5.38 Å². The van der Waals surface area contributed by atoms with E-state index < -0.39 is 0 Å². The number of aromatic nitrogens is 1. The van der Waals surface area contributed by atoms with E-state index in [9.17, 15) is 5.11 Å². The van der Waals surface area contributed by atoms with Gasteiger partial charge in [0.2, 0.25) is 0 Å². The predicted octanol–water partition coefficient (Wildman–Crippen LogP) is 2.01. The molecule has 2 heterocycles. The minimum absolute atomic E-state index is 0.167. The van der Waals surface area contributed by atoms with Crippen molar-refractivity contribution in [3.8, 4) is 0 Å². The van der Waals surface area contributed by atoms with Crippen molar-refractivity contribution in [3.63, 3.8) is 0 Å². The molecule has 5 heteroatoms. The van der Waals surface area contributed by atoms with Gasteiger partial charge in [-0.05, 0) is 13.3 Å². The van der Waals surface area contributed by atoms with Crippen molar-refractivity contribution in [1.29, 1.82) is 0 Å². The van der Waals surface area contributed by atoms with Crippen molar-refractivity contribution < 1.29 is 5.11 Å². The van der Waals surface area contributed by atoms with Crippen LogP contribution in [0.5, 0.6) is 0 Å². The molecule has 1 aliphatic heterocycles. The van der Waals surface area contributed by atoms with Crippen molar-refractivity contribution in [1.82, 2.24) is 9.88 Å². The standard InChI is InChI=1S/C10H15ClN2OS/c1-7(13-3-2-9(14)5-13)10-12-8(4-11)6-15-10/h6-7,9,14H,2-5H2,1H3. The topological polar surface area (TPSA) is 36.4 Å². The first-order valence-corrected chi connectivity index (χ1v) is 6.54. The monoisotopic (exact) mass is 246 g/mol. The highest BCUT2D eigenvalue weighted by Crippen LogP contribution is 2.27. The van der Waals surface area contributed by atoms with Crippen LogP contribution in [-0.2, 0) is 5.88 Å². The largest absolute Gasteiger partial charge is 0.392 e. The number of aliphatic hydroxyl groups is 1. The molecule has 0 bridgehead atoms. The Morgan fingerprint density at radius 3 is 3.13 bits per heavy atom. The van der Waals surface area contributed by atoms with Gasteiger partial charge in [-0.25, -0.2) is 4.98 Å². The molecule has 1 aliphatic rings. The van der Waals surface area contributed by atoms with Gasteiger partial charge in [-0.1, -0.05) is 0 Å². The van der Waals surface area contributed by atoms with E-state index in [0.717, 1.165) is 30.2 Å². The molecule has 1 fully saturated rings. The molecule has 0 amide bonds. The Balaban J connectivity index is 2.03. The Hall–Kier alpha value is -0.160. The van der Waals surface area contributed by atoms with Crippen LogP contribution in [0.3, 0.4) is 0 Å². The van der Waals surface area contributed by atoms with E-state index in [1.807, 2.05) is 5.38 Å². The summed E-state index contributed by atoms with van der Waals surface area (Å²) in [4.78, 5) is 6.73. The van der Waals surface area contributed by atoms with Gasteiger partial charge < -0.3 is 5.11 Å². The minimum atomic E-state index is -0.167. The second-order valence-electron chi connectivity index (χ2n) is 3.92. The fourth-order valence-electron chi connectivity index (χ4n) is 1.85. The first kappa shape index (κ1) is 11.3. The number of alkyl halides is 1. The van der Waals surface area contributed by atoms with E-state index in [0.29, 0.717) is 11.9 Å². The van der Waals surface area contributed by atoms with Crippen LogP contribution in [0.2, 0.25) is 0 Å². The van der Waals surface area contributed by atoms with Crippen molar-refractivity contribution in [2.45, 2.75) is 31.4 Å². The second-order valence-corrected chi connectivity index (χ2v) is 5.08. The van der Waals surface area contributed by atoms with Crippen LogP contribution < -0.4 is 0 Å². The van der Waals surface area contributed by atoms with Gasteiger partial charge in [-0.3, -0.25) is 4.90 Å². The number of thiazole rings is 1. The average Bonchev–Trinajstić information content (AvgIpc) is 2.84. The summed E-state index contributed by atoms with van der Waals surface area (Å²) in [6.07, 6.45) is 0.706. The minimum Gasteiger partial charge on any atom is -0.392 e. The first-order valence-electron chi connectivity index (χ1n) is 5.13. The van der Waals surface area contributed by atoms with Crippen molar-refractivity contribution in [2.24, 2.45) is 0 Å². The maximum Gasteiger partial charge on any atom is 0.110 e. The fourth-order valence-corrected chi connectivity index (χ4v) is 2.99. The van der Waals surface area contributed by atoms with E-state index in [2.05, 4.69) is 16.8 Å². The van der Waals surface area contributed by atoms with Gasteiger partial charge in [0.05, 0.1) is 23.7 Å². The second kappa shape index (κ2) is 4.78. The summed E-state index contributed by atoms with van der Waals surface area (Å²) in [5.74, 6) is 0.478. The maximum atomic E-state index is 9.47. The highest BCUT2D eigenvalue weighted by Gasteiger charge is 2.26. The molecule has 1 saturated heterocycles. The number of nitrogens with zero attached hydrogens (tertiary/aromatic N) is 2. The van der Waals surface area contributed by atoms with Gasteiger partial charge >= 0.3 is 0 Å².